The molecule has 3 rings (SSSR count). The summed E-state index contributed by atoms with van der Waals surface area (Å²) in [5, 5.41) is 11.8. The van der Waals surface area contributed by atoms with Crippen molar-refractivity contribution in [2.24, 2.45) is 0 Å². The molecule has 7 nitrogen and oxygen atoms in total. The molecule has 1 N–H and O–H groups in total. The van der Waals surface area contributed by atoms with Crippen LogP contribution in [0.5, 0.6) is 0 Å². The number of ether oxygens (including phenoxy) is 1. The van der Waals surface area contributed by atoms with Gasteiger partial charge in [0.05, 0.1) is 11.7 Å². The van der Waals surface area contributed by atoms with Gasteiger partial charge in [-0.2, -0.15) is 0 Å². The van der Waals surface area contributed by atoms with E-state index in [2.05, 4.69) is 27.0 Å². The largest absolute Gasteiger partial charge is 0.444 e. The third-order valence-corrected chi connectivity index (χ3v) is 6.72. The Labute approximate surface area is 215 Å². The number of nitrogens with zero attached hydrogens (tertiary/aromatic N) is 4. The second kappa shape index (κ2) is 11.9. The predicted molar refractivity (Wildman–Crippen MR) is 136 cm³/mol. The van der Waals surface area contributed by atoms with Gasteiger partial charge in [0, 0.05) is 32.2 Å². The first-order chi connectivity index (χ1) is 16.1. The topological polar surface area (TPSA) is 78.8 Å². The van der Waals surface area contributed by atoms with Crippen molar-refractivity contribution in [3.05, 3.63) is 51.8 Å². The van der Waals surface area contributed by atoms with Crippen molar-refractivity contribution < 1.29 is 14.6 Å². The van der Waals surface area contributed by atoms with Crippen LogP contribution in [0.3, 0.4) is 0 Å². The summed E-state index contributed by atoms with van der Waals surface area (Å²) >= 11 is 14.0. The normalized spacial score (nSPS) is 18.4. The van der Waals surface area contributed by atoms with Gasteiger partial charge in [0.25, 0.3) is 0 Å². The van der Waals surface area contributed by atoms with Crippen LogP contribution in [0.25, 0.3) is 0 Å². The molecule has 0 bridgehead atoms. The average molecular weight is 528 g/mol. The maximum atomic E-state index is 13.1. The first kappa shape index (κ1) is 27.0. The molecule has 2 unspecified atom stereocenters. The number of aliphatic hydroxyl groups is 1. The molecule has 0 radical (unpaired) electrons. The highest BCUT2D eigenvalue weighted by Crippen LogP contribution is 2.34. The second-order valence-corrected chi connectivity index (χ2v) is 10.8. The van der Waals surface area contributed by atoms with Gasteiger partial charge < -0.3 is 14.7 Å². The van der Waals surface area contributed by atoms with Crippen molar-refractivity contribution in [2.75, 3.05) is 25.9 Å². The number of aliphatic hydroxyl groups excluding tert-OH is 1. The van der Waals surface area contributed by atoms with Crippen LogP contribution in [-0.2, 0) is 11.3 Å². The maximum Gasteiger partial charge on any atom is 0.410 e. The summed E-state index contributed by atoms with van der Waals surface area (Å²) in [6.45, 7) is 8.29. The van der Waals surface area contributed by atoms with Gasteiger partial charge in [-0.15, -0.1) is 0 Å². The predicted octanol–water partition coefficient (Wildman–Crippen LogP) is 5.44. The van der Waals surface area contributed by atoms with Crippen LogP contribution >= 0.6 is 35.0 Å². The molecule has 1 aromatic carbocycles. The van der Waals surface area contributed by atoms with Crippen molar-refractivity contribution in [3.8, 4) is 0 Å². The maximum absolute atomic E-state index is 13.1. The van der Waals surface area contributed by atoms with E-state index in [1.807, 2.05) is 45.2 Å². The fourth-order valence-electron chi connectivity index (χ4n) is 3.98. The molecule has 34 heavy (non-hydrogen) atoms. The first-order valence-corrected chi connectivity index (χ1v) is 13.3. The van der Waals surface area contributed by atoms with Crippen LogP contribution in [0.4, 0.5) is 4.79 Å². The highest BCUT2D eigenvalue weighted by molar-refractivity contribution is 7.98. The van der Waals surface area contributed by atoms with E-state index >= 15 is 0 Å². The lowest BCUT2D eigenvalue weighted by Crippen LogP contribution is -2.44. The number of amides is 1. The third-order valence-electron chi connectivity index (χ3n) is 5.60. The Morgan fingerprint density at radius 2 is 1.82 bits per heavy atom. The molecule has 1 amide bonds. The zero-order chi connectivity index (χ0) is 24.9. The minimum Gasteiger partial charge on any atom is -0.444 e. The Bertz CT molecular complexity index is 951. The van der Waals surface area contributed by atoms with E-state index in [-0.39, 0.29) is 28.3 Å². The number of halogens is 2. The van der Waals surface area contributed by atoms with Crippen LogP contribution in [0.15, 0.2) is 35.5 Å². The summed E-state index contributed by atoms with van der Waals surface area (Å²) in [4.78, 5) is 25.5. The summed E-state index contributed by atoms with van der Waals surface area (Å²) in [5.74, 6) is 0. The molecule has 1 fully saturated rings. The summed E-state index contributed by atoms with van der Waals surface area (Å²) in [5.41, 5.74) is 0.884. The van der Waals surface area contributed by atoms with Gasteiger partial charge >= 0.3 is 6.09 Å². The number of hydrogen-bond donors (Lipinski definition) is 1. The molecular formula is C24H32Cl2N4O3S. The molecular weight excluding hydrogens is 495 g/mol. The highest BCUT2D eigenvalue weighted by atomic mass is 35.5. The number of rotatable bonds is 6. The number of benzene rings is 1. The lowest BCUT2D eigenvalue weighted by atomic mass is 10.0. The van der Waals surface area contributed by atoms with E-state index < -0.39 is 17.8 Å². The van der Waals surface area contributed by atoms with E-state index in [0.29, 0.717) is 24.7 Å². The van der Waals surface area contributed by atoms with Crippen molar-refractivity contribution in [2.45, 2.75) is 63.1 Å². The van der Waals surface area contributed by atoms with Crippen molar-refractivity contribution in [1.29, 1.82) is 0 Å². The Balaban J connectivity index is 1.80. The van der Waals surface area contributed by atoms with Crippen molar-refractivity contribution in [1.82, 2.24) is 19.8 Å². The van der Waals surface area contributed by atoms with Gasteiger partial charge in [-0.25, -0.2) is 14.8 Å². The summed E-state index contributed by atoms with van der Waals surface area (Å²) in [6.07, 6.45) is 1.33. The molecule has 186 valence electrons. The molecule has 2 heterocycles. The minimum absolute atomic E-state index is 0.125. The monoisotopic (exact) mass is 526 g/mol. The molecule has 0 saturated carbocycles. The summed E-state index contributed by atoms with van der Waals surface area (Å²) in [7, 11) is 0. The van der Waals surface area contributed by atoms with E-state index in [1.165, 1.54) is 17.3 Å². The molecule has 2 aromatic rings. The Hall–Kier alpha value is -1.58. The summed E-state index contributed by atoms with van der Waals surface area (Å²) < 4.78 is 5.69. The number of aromatic nitrogens is 2. The minimum atomic E-state index is -1.02. The van der Waals surface area contributed by atoms with Crippen LogP contribution in [0, 0.1) is 0 Å². The molecule has 0 aliphatic carbocycles. The van der Waals surface area contributed by atoms with Gasteiger partial charge in [0.15, 0.2) is 5.16 Å². The van der Waals surface area contributed by atoms with Gasteiger partial charge in [0.1, 0.15) is 15.9 Å². The molecule has 1 saturated heterocycles. The molecule has 1 aliphatic rings. The second-order valence-electron chi connectivity index (χ2n) is 9.34. The number of thioether (sulfide) groups is 1. The van der Waals surface area contributed by atoms with Crippen LogP contribution in [-0.4, -0.2) is 68.5 Å². The smallest absolute Gasteiger partial charge is 0.410 e. The van der Waals surface area contributed by atoms with E-state index in [0.717, 1.165) is 13.1 Å². The van der Waals surface area contributed by atoms with Crippen LogP contribution < -0.4 is 0 Å². The third kappa shape index (κ3) is 7.46. The van der Waals surface area contributed by atoms with E-state index in [4.69, 9.17) is 27.9 Å². The summed E-state index contributed by atoms with van der Waals surface area (Å²) in [6, 6.07) is 9.98. The van der Waals surface area contributed by atoms with Crippen LogP contribution in [0.1, 0.15) is 50.8 Å². The molecule has 2 atom stereocenters. The fourth-order valence-corrected chi connectivity index (χ4v) is 5.08. The quantitative estimate of drug-likeness (QED) is 0.305. The standard InChI is InChI=1S/C24H32Cl2N4O3S/c1-24(2,3)33-23(32)30-13-12-29(15-16-8-6-5-7-9-16)11-10-17(30)14-18(31)19-20(25)27-22(34-4)28-21(19)26/h5-9,17-18,31H,10-15H2,1-4H3. The Morgan fingerprint density at radius 1 is 1.18 bits per heavy atom. The highest BCUT2D eigenvalue weighted by Gasteiger charge is 2.34. The lowest BCUT2D eigenvalue weighted by Gasteiger charge is -2.33. The fraction of sp³-hybridized carbons (Fsp3) is 0.542. The van der Waals surface area contributed by atoms with Gasteiger partial charge in [-0.3, -0.25) is 4.90 Å². The zero-order valence-electron chi connectivity index (χ0n) is 20.0. The SMILES string of the molecule is CSc1nc(Cl)c(C(O)CC2CCN(Cc3ccccc3)CCN2C(=O)OC(C)(C)C)c(Cl)n1. The first-order valence-electron chi connectivity index (χ1n) is 11.3. The van der Waals surface area contributed by atoms with Gasteiger partial charge in [0.2, 0.25) is 0 Å². The van der Waals surface area contributed by atoms with Gasteiger partial charge in [-0.05, 0) is 45.4 Å². The number of hydrogen-bond acceptors (Lipinski definition) is 7. The molecule has 1 aliphatic heterocycles. The molecule has 1 aromatic heterocycles. The molecule has 10 heteroatoms. The number of carbonyl (C=O) groups is 1. The lowest BCUT2D eigenvalue weighted by molar-refractivity contribution is 0.0111. The average Bonchev–Trinajstić information content (AvgIpc) is 2.95. The van der Waals surface area contributed by atoms with Crippen molar-refractivity contribution >= 4 is 41.1 Å². The van der Waals surface area contributed by atoms with E-state index in [9.17, 15) is 9.90 Å². The van der Waals surface area contributed by atoms with E-state index in [1.54, 1.807) is 4.90 Å². The number of carbonyl (C=O) groups excluding carboxylic acids is 1. The van der Waals surface area contributed by atoms with Crippen molar-refractivity contribution in [3.63, 3.8) is 0 Å². The molecule has 0 spiro atoms. The Morgan fingerprint density at radius 3 is 2.41 bits per heavy atom. The zero-order valence-corrected chi connectivity index (χ0v) is 22.3. The Kier molecular flexibility index (Phi) is 9.46. The van der Waals surface area contributed by atoms with Gasteiger partial charge in [-0.1, -0.05) is 65.3 Å². The van der Waals surface area contributed by atoms with Crippen LogP contribution in [0.2, 0.25) is 10.3 Å².